The van der Waals surface area contributed by atoms with Crippen LogP contribution < -0.4 is 0 Å². The monoisotopic (exact) mass is 418 g/mol. The van der Waals surface area contributed by atoms with Gasteiger partial charge >= 0.3 is 8.80 Å². The van der Waals surface area contributed by atoms with Crippen LogP contribution in [0, 0.1) is 0 Å². The summed E-state index contributed by atoms with van der Waals surface area (Å²) in [5.41, 5.74) is 0. The standard InChI is InChI=1S/C20H38O7Si/c1-7-14-21-19(22-15-8-2)20(23-16-9-3)24-17-13-18-28(25-10-4,26-11-5)27-12-6/h7-9,19-20H,1-3,10-18H2,4-6H3. The van der Waals surface area contributed by atoms with Crippen LogP contribution in [0.2, 0.25) is 6.04 Å². The van der Waals surface area contributed by atoms with Crippen molar-refractivity contribution in [3.8, 4) is 0 Å². The highest BCUT2D eigenvalue weighted by Gasteiger charge is 2.39. The SMILES string of the molecule is C=CCOC(OCC=C)C(OCC=C)OCCC[Si](OCC)(OCC)OCC. The second-order valence-corrected chi connectivity index (χ2v) is 8.29. The summed E-state index contributed by atoms with van der Waals surface area (Å²) in [5, 5.41) is 0. The van der Waals surface area contributed by atoms with Crippen molar-refractivity contribution in [1.29, 1.82) is 0 Å². The summed E-state index contributed by atoms with van der Waals surface area (Å²) in [4.78, 5) is 0. The third-order valence-electron chi connectivity index (χ3n) is 3.36. The summed E-state index contributed by atoms with van der Waals surface area (Å²) in [6.45, 7) is 19.8. The first-order chi connectivity index (χ1) is 13.6. The van der Waals surface area contributed by atoms with Crippen LogP contribution in [0.25, 0.3) is 0 Å². The Bertz CT molecular complexity index is 377. The molecule has 7 nitrogen and oxygen atoms in total. The van der Waals surface area contributed by atoms with Crippen molar-refractivity contribution >= 4 is 8.80 Å². The lowest BCUT2D eigenvalue weighted by Crippen LogP contribution is -2.46. The molecule has 0 radical (unpaired) electrons. The Hall–Kier alpha value is -0.843. The minimum Gasteiger partial charge on any atom is -0.374 e. The Balaban J connectivity index is 4.81. The second-order valence-electron chi connectivity index (χ2n) is 5.56. The van der Waals surface area contributed by atoms with Gasteiger partial charge in [-0.15, -0.1) is 19.7 Å². The summed E-state index contributed by atoms with van der Waals surface area (Å²) in [6, 6.07) is 0.655. The molecule has 8 heteroatoms. The summed E-state index contributed by atoms with van der Waals surface area (Å²) < 4.78 is 40.4. The number of hydrogen-bond donors (Lipinski definition) is 0. The molecule has 28 heavy (non-hydrogen) atoms. The van der Waals surface area contributed by atoms with Crippen LogP contribution in [0.5, 0.6) is 0 Å². The van der Waals surface area contributed by atoms with Gasteiger partial charge in [-0.3, -0.25) is 0 Å². The van der Waals surface area contributed by atoms with Crippen molar-refractivity contribution in [2.75, 3.05) is 46.2 Å². The minimum atomic E-state index is -2.69. The molecule has 0 saturated carbocycles. The van der Waals surface area contributed by atoms with Crippen LogP contribution >= 0.6 is 0 Å². The maximum Gasteiger partial charge on any atom is 0.501 e. The Kier molecular flexibility index (Phi) is 17.7. The van der Waals surface area contributed by atoms with E-state index >= 15 is 0 Å². The Morgan fingerprint density at radius 3 is 1.43 bits per heavy atom. The molecule has 0 amide bonds. The zero-order valence-electron chi connectivity index (χ0n) is 17.7. The molecule has 1 atom stereocenters. The van der Waals surface area contributed by atoms with E-state index in [2.05, 4.69) is 19.7 Å². The molecule has 0 rings (SSSR count). The second kappa shape index (κ2) is 18.2. The summed E-state index contributed by atoms with van der Waals surface area (Å²) in [7, 11) is -2.69. The van der Waals surface area contributed by atoms with E-state index in [1.807, 2.05) is 20.8 Å². The van der Waals surface area contributed by atoms with E-state index in [-0.39, 0.29) is 0 Å². The highest BCUT2D eigenvalue weighted by Crippen LogP contribution is 2.19. The molecule has 0 fully saturated rings. The van der Waals surface area contributed by atoms with Gasteiger partial charge in [0.25, 0.3) is 0 Å². The van der Waals surface area contributed by atoms with Gasteiger partial charge in [0.15, 0.2) is 0 Å². The van der Waals surface area contributed by atoms with E-state index in [0.717, 1.165) is 0 Å². The van der Waals surface area contributed by atoms with Gasteiger partial charge < -0.3 is 32.2 Å². The predicted molar refractivity (Wildman–Crippen MR) is 112 cm³/mol. The van der Waals surface area contributed by atoms with Crippen molar-refractivity contribution in [3.63, 3.8) is 0 Å². The average Bonchev–Trinajstić information content (AvgIpc) is 2.68. The molecule has 0 N–H and O–H groups in total. The molecule has 0 saturated heterocycles. The smallest absolute Gasteiger partial charge is 0.374 e. The quantitative estimate of drug-likeness (QED) is 0.122. The van der Waals surface area contributed by atoms with E-state index in [9.17, 15) is 0 Å². The molecule has 0 aromatic rings. The first-order valence-corrected chi connectivity index (χ1v) is 11.8. The topological polar surface area (TPSA) is 64.6 Å². The van der Waals surface area contributed by atoms with Gasteiger partial charge in [-0.25, -0.2) is 0 Å². The van der Waals surface area contributed by atoms with E-state index in [1.165, 1.54) is 0 Å². The van der Waals surface area contributed by atoms with Gasteiger partial charge in [0.05, 0.1) is 19.8 Å². The van der Waals surface area contributed by atoms with Crippen LogP contribution in [0.1, 0.15) is 27.2 Å². The molecule has 0 aromatic heterocycles. The number of ether oxygens (including phenoxy) is 4. The summed E-state index contributed by atoms with van der Waals surface area (Å²) in [6.07, 6.45) is 4.20. The van der Waals surface area contributed by atoms with Gasteiger partial charge in [-0.05, 0) is 27.2 Å². The van der Waals surface area contributed by atoms with Gasteiger partial charge in [0, 0.05) is 32.5 Å². The van der Waals surface area contributed by atoms with E-state index in [0.29, 0.717) is 58.7 Å². The number of rotatable bonds is 21. The van der Waals surface area contributed by atoms with Gasteiger partial charge in [0.2, 0.25) is 12.6 Å². The van der Waals surface area contributed by atoms with Crippen molar-refractivity contribution in [1.82, 2.24) is 0 Å². The minimum absolute atomic E-state index is 0.311. The molecule has 0 aliphatic carbocycles. The first kappa shape index (κ1) is 27.2. The predicted octanol–water partition coefficient (Wildman–Crippen LogP) is 3.70. The highest BCUT2D eigenvalue weighted by atomic mass is 28.4. The average molecular weight is 419 g/mol. The van der Waals surface area contributed by atoms with Crippen LogP contribution in [0.4, 0.5) is 0 Å². The lowest BCUT2D eigenvalue weighted by Gasteiger charge is -2.29. The van der Waals surface area contributed by atoms with Crippen LogP contribution in [0.3, 0.4) is 0 Å². The fourth-order valence-corrected chi connectivity index (χ4v) is 4.97. The third-order valence-corrected chi connectivity index (χ3v) is 6.51. The van der Waals surface area contributed by atoms with Crippen LogP contribution in [-0.4, -0.2) is 67.6 Å². The van der Waals surface area contributed by atoms with Crippen molar-refractivity contribution in [2.45, 2.75) is 45.8 Å². The highest BCUT2D eigenvalue weighted by molar-refractivity contribution is 6.60. The normalized spacial score (nSPS) is 12.9. The maximum atomic E-state index is 5.90. The van der Waals surface area contributed by atoms with E-state index in [1.54, 1.807) is 18.2 Å². The van der Waals surface area contributed by atoms with Gasteiger partial charge in [-0.1, -0.05) is 18.2 Å². The molecule has 0 spiro atoms. The fraction of sp³-hybridized carbons (Fsp3) is 0.700. The molecule has 0 aliphatic heterocycles. The molecule has 0 aliphatic rings. The Morgan fingerprint density at radius 2 is 1.07 bits per heavy atom. The molecular weight excluding hydrogens is 380 g/mol. The summed E-state index contributed by atoms with van der Waals surface area (Å²) in [5.74, 6) is 0. The zero-order valence-corrected chi connectivity index (χ0v) is 18.7. The van der Waals surface area contributed by atoms with E-state index < -0.39 is 21.4 Å². The van der Waals surface area contributed by atoms with Gasteiger partial charge in [0.1, 0.15) is 0 Å². The lowest BCUT2D eigenvalue weighted by atomic mass is 10.5. The van der Waals surface area contributed by atoms with Crippen LogP contribution in [0.15, 0.2) is 38.0 Å². The third kappa shape index (κ3) is 11.9. The van der Waals surface area contributed by atoms with Crippen molar-refractivity contribution in [3.05, 3.63) is 38.0 Å². The molecule has 0 aromatic carbocycles. The largest absolute Gasteiger partial charge is 0.501 e. The zero-order chi connectivity index (χ0) is 21.1. The molecule has 1 unspecified atom stereocenters. The molecule has 0 bridgehead atoms. The lowest BCUT2D eigenvalue weighted by molar-refractivity contribution is -0.277. The first-order valence-electron chi connectivity index (χ1n) is 9.83. The maximum absolute atomic E-state index is 5.90. The molecule has 0 heterocycles. The van der Waals surface area contributed by atoms with Crippen molar-refractivity contribution in [2.24, 2.45) is 0 Å². The Labute approximate surface area is 171 Å². The van der Waals surface area contributed by atoms with Crippen molar-refractivity contribution < 1.29 is 32.2 Å². The van der Waals surface area contributed by atoms with E-state index in [4.69, 9.17) is 32.2 Å². The molecular formula is C20H38O7Si. The number of hydrogen-bond acceptors (Lipinski definition) is 7. The van der Waals surface area contributed by atoms with Crippen LogP contribution in [-0.2, 0) is 32.2 Å². The summed E-state index contributed by atoms with van der Waals surface area (Å²) >= 11 is 0. The Morgan fingerprint density at radius 1 is 0.679 bits per heavy atom. The molecule has 164 valence electrons. The van der Waals surface area contributed by atoms with Gasteiger partial charge in [-0.2, -0.15) is 0 Å². The fourth-order valence-electron chi connectivity index (χ4n) is 2.39.